The van der Waals surface area contributed by atoms with Crippen LogP contribution in [0.3, 0.4) is 0 Å². The molecule has 1 aliphatic heterocycles. The number of carbonyl (C=O) groups excluding carboxylic acids is 2. The van der Waals surface area contributed by atoms with Gasteiger partial charge in [-0.1, -0.05) is 40.2 Å². The molecule has 3 aromatic rings. The summed E-state index contributed by atoms with van der Waals surface area (Å²) in [6.45, 7) is 3.09. The quantitative estimate of drug-likeness (QED) is 0.239. The van der Waals surface area contributed by atoms with Gasteiger partial charge in [0, 0.05) is 23.2 Å². The SMILES string of the molecule is O=C(Nc1ccc(Br)cc1C(=O)N/N=C/c1cccc(F)c1)c1ccc(CN2CCC(CCO)CC2)cc1. The summed E-state index contributed by atoms with van der Waals surface area (Å²) in [7, 11) is 0. The van der Waals surface area contributed by atoms with Gasteiger partial charge in [-0.2, -0.15) is 5.10 Å². The van der Waals surface area contributed by atoms with E-state index in [1.807, 2.05) is 12.1 Å². The maximum absolute atomic E-state index is 13.3. The lowest BCUT2D eigenvalue weighted by molar-refractivity contribution is 0.0956. The number of hydrazone groups is 1. The number of hydrogen-bond donors (Lipinski definition) is 3. The average Bonchev–Trinajstić information content (AvgIpc) is 2.91. The van der Waals surface area contributed by atoms with Crippen molar-refractivity contribution in [1.82, 2.24) is 10.3 Å². The number of anilines is 1. The molecule has 2 amide bonds. The van der Waals surface area contributed by atoms with Crippen molar-refractivity contribution < 1.29 is 19.1 Å². The number of carbonyl (C=O) groups is 2. The number of aliphatic hydroxyl groups is 1. The topological polar surface area (TPSA) is 94.0 Å². The van der Waals surface area contributed by atoms with Gasteiger partial charge in [0.15, 0.2) is 0 Å². The maximum Gasteiger partial charge on any atom is 0.273 e. The van der Waals surface area contributed by atoms with Gasteiger partial charge in [0.05, 0.1) is 17.5 Å². The zero-order valence-corrected chi connectivity index (χ0v) is 22.5. The molecule has 9 heteroatoms. The number of benzene rings is 3. The molecule has 0 radical (unpaired) electrons. The fraction of sp³-hybridized carbons (Fsp3) is 0.276. The van der Waals surface area contributed by atoms with E-state index in [0.29, 0.717) is 27.2 Å². The van der Waals surface area contributed by atoms with Gasteiger partial charge in [-0.3, -0.25) is 14.5 Å². The number of amides is 2. The normalized spacial score (nSPS) is 14.5. The molecule has 0 bridgehead atoms. The van der Waals surface area contributed by atoms with Gasteiger partial charge >= 0.3 is 0 Å². The monoisotopic (exact) mass is 580 g/mol. The first kappa shape index (κ1) is 27.6. The van der Waals surface area contributed by atoms with Crippen LogP contribution in [0.2, 0.25) is 0 Å². The fourth-order valence-corrected chi connectivity index (χ4v) is 4.82. The van der Waals surface area contributed by atoms with Crippen molar-refractivity contribution in [1.29, 1.82) is 0 Å². The van der Waals surface area contributed by atoms with Crippen LogP contribution in [-0.2, 0) is 6.54 Å². The van der Waals surface area contributed by atoms with Crippen LogP contribution in [0.1, 0.15) is 51.1 Å². The van der Waals surface area contributed by atoms with Crippen LogP contribution < -0.4 is 10.7 Å². The Labute approximate surface area is 229 Å². The van der Waals surface area contributed by atoms with Crippen LogP contribution in [0.25, 0.3) is 0 Å². The second-order valence-electron chi connectivity index (χ2n) is 9.33. The number of piperidine rings is 1. The summed E-state index contributed by atoms with van der Waals surface area (Å²) in [5.74, 6) is -0.648. The van der Waals surface area contributed by atoms with Crippen molar-refractivity contribution in [2.45, 2.75) is 25.8 Å². The van der Waals surface area contributed by atoms with E-state index in [1.165, 1.54) is 18.3 Å². The Morgan fingerprint density at radius 3 is 2.53 bits per heavy atom. The Kier molecular flexibility index (Phi) is 9.75. The van der Waals surface area contributed by atoms with Gasteiger partial charge in [0.25, 0.3) is 11.8 Å². The molecule has 0 aliphatic carbocycles. The molecule has 0 unspecified atom stereocenters. The molecule has 4 rings (SSSR count). The first-order chi connectivity index (χ1) is 18.4. The summed E-state index contributed by atoms with van der Waals surface area (Å²) in [6.07, 6.45) is 4.41. The number of aliphatic hydroxyl groups excluding tert-OH is 1. The van der Waals surface area contributed by atoms with Gasteiger partial charge in [-0.05, 0) is 91.9 Å². The largest absolute Gasteiger partial charge is 0.396 e. The zero-order chi connectivity index (χ0) is 26.9. The van der Waals surface area contributed by atoms with Gasteiger partial charge in [0.2, 0.25) is 0 Å². The summed E-state index contributed by atoms with van der Waals surface area (Å²) in [5.41, 5.74) is 5.10. The van der Waals surface area contributed by atoms with E-state index in [0.717, 1.165) is 44.5 Å². The second kappa shape index (κ2) is 13.4. The summed E-state index contributed by atoms with van der Waals surface area (Å²) in [5, 5.41) is 15.9. The average molecular weight is 581 g/mol. The molecule has 0 atom stereocenters. The van der Waals surface area contributed by atoms with E-state index in [9.17, 15) is 14.0 Å². The third-order valence-electron chi connectivity index (χ3n) is 6.57. The third-order valence-corrected chi connectivity index (χ3v) is 7.06. The predicted octanol–water partition coefficient (Wildman–Crippen LogP) is 5.20. The van der Waals surface area contributed by atoms with Gasteiger partial charge in [-0.15, -0.1) is 0 Å². The van der Waals surface area contributed by atoms with E-state index < -0.39 is 11.7 Å². The molecule has 1 fully saturated rings. The molecule has 198 valence electrons. The number of hydrogen-bond acceptors (Lipinski definition) is 5. The predicted molar refractivity (Wildman–Crippen MR) is 150 cm³/mol. The van der Waals surface area contributed by atoms with Crippen molar-refractivity contribution in [3.63, 3.8) is 0 Å². The molecule has 1 saturated heterocycles. The summed E-state index contributed by atoms with van der Waals surface area (Å²) in [6, 6.07) is 18.3. The highest BCUT2D eigenvalue weighted by Crippen LogP contribution is 2.23. The lowest BCUT2D eigenvalue weighted by Gasteiger charge is -2.31. The van der Waals surface area contributed by atoms with Crippen molar-refractivity contribution >= 4 is 39.6 Å². The minimum atomic E-state index is -0.521. The molecule has 0 spiro atoms. The number of halogens is 2. The Morgan fingerprint density at radius 2 is 1.82 bits per heavy atom. The molecular weight excluding hydrogens is 551 g/mol. The Bertz CT molecular complexity index is 1290. The van der Waals surface area contributed by atoms with Crippen LogP contribution in [0, 0.1) is 11.7 Å². The van der Waals surface area contributed by atoms with Crippen molar-refractivity contribution in [2.75, 3.05) is 25.0 Å². The molecule has 0 saturated carbocycles. The van der Waals surface area contributed by atoms with E-state index in [-0.39, 0.29) is 18.1 Å². The minimum Gasteiger partial charge on any atom is -0.396 e. The first-order valence-corrected chi connectivity index (χ1v) is 13.3. The van der Waals surface area contributed by atoms with E-state index >= 15 is 0 Å². The van der Waals surface area contributed by atoms with E-state index in [4.69, 9.17) is 5.11 Å². The second-order valence-corrected chi connectivity index (χ2v) is 10.2. The van der Waals surface area contributed by atoms with Crippen LogP contribution in [-0.4, -0.2) is 47.7 Å². The van der Waals surface area contributed by atoms with Crippen LogP contribution >= 0.6 is 15.9 Å². The first-order valence-electron chi connectivity index (χ1n) is 12.5. The summed E-state index contributed by atoms with van der Waals surface area (Å²) >= 11 is 3.36. The van der Waals surface area contributed by atoms with E-state index in [1.54, 1.807) is 42.5 Å². The van der Waals surface area contributed by atoms with Gasteiger partial charge in [-0.25, -0.2) is 9.82 Å². The standard InChI is InChI=1S/C29H30BrFN4O3/c30-24-8-9-27(26(17-24)29(38)34-32-18-22-2-1-3-25(31)16-22)33-28(37)23-6-4-21(5-7-23)19-35-13-10-20(11-14-35)12-15-36/h1-9,16-18,20,36H,10-15,19H2,(H,33,37)(H,34,38)/b32-18+. The van der Waals surface area contributed by atoms with Crippen LogP contribution in [0.4, 0.5) is 10.1 Å². The van der Waals surface area contributed by atoms with Crippen molar-refractivity contribution in [3.05, 3.63) is 99.3 Å². The molecule has 3 aromatic carbocycles. The maximum atomic E-state index is 13.3. The molecule has 38 heavy (non-hydrogen) atoms. The van der Waals surface area contributed by atoms with Gasteiger partial charge < -0.3 is 10.4 Å². The molecule has 3 N–H and O–H groups in total. The molecule has 1 heterocycles. The highest BCUT2D eigenvalue weighted by atomic mass is 79.9. The highest BCUT2D eigenvalue weighted by molar-refractivity contribution is 9.10. The fourth-order valence-electron chi connectivity index (χ4n) is 4.46. The summed E-state index contributed by atoms with van der Waals surface area (Å²) in [4.78, 5) is 28.1. The highest BCUT2D eigenvalue weighted by Gasteiger charge is 2.19. The Morgan fingerprint density at radius 1 is 1.05 bits per heavy atom. The number of nitrogens with zero attached hydrogens (tertiary/aromatic N) is 2. The smallest absolute Gasteiger partial charge is 0.273 e. The number of rotatable bonds is 9. The Hall–Kier alpha value is -3.40. The Balaban J connectivity index is 1.36. The third kappa shape index (κ3) is 7.80. The van der Waals surface area contributed by atoms with Crippen molar-refractivity contribution in [2.24, 2.45) is 11.0 Å². The zero-order valence-electron chi connectivity index (χ0n) is 20.9. The molecule has 1 aliphatic rings. The number of likely N-dealkylation sites (tertiary alicyclic amines) is 1. The lowest BCUT2D eigenvalue weighted by Crippen LogP contribution is -2.33. The summed E-state index contributed by atoms with van der Waals surface area (Å²) < 4.78 is 14.0. The van der Waals surface area contributed by atoms with Crippen molar-refractivity contribution in [3.8, 4) is 0 Å². The molecule has 0 aromatic heterocycles. The minimum absolute atomic E-state index is 0.227. The van der Waals surface area contributed by atoms with Crippen LogP contribution in [0.15, 0.2) is 76.3 Å². The lowest BCUT2D eigenvalue weighted by atomic mass is 9.93. The molecular formula is C29H30BrFN4O3. The van der Waals surface area contributed by atoms with E-state index in [2.05, 4.69) is 36.7 Å². The molecule has 7 nitrogen and oxygen atoms in total. The number of nitrogens with one attached hydrogen (secondary N) is 2. The van der Waals surface area contributed by atoms with Gasteiger partial charge in [0.1, 0.15) is 5.82 Å². The van der Waals surface area contributed by atoms with Crippen LogP contribution in [0.5, 0.6) is 0 Å².